The highest BCUT2D eigenvalue weighted by molar-refractivity contribution is 7.25. The number of para-hydroxylation sites is 1. The van der Waals surface area contributed by atoms with Gasteiger partial charge >= 0.3 is 0 Å². The predicted molar refractivity (Wildman–Crippen MR) is 237 cm³/mol. The fourth-order valence-corrected chi connectivity index (χ4v) is 9.46. The molecule has 9 aromatic carbocycles. The minimum absolute atomic E-state index is 1.11. The molecule has 2 aromatic heterocycles. The lowest BCUT2D eigenvalue weighted by molar-refractivity contribution is 1.18. The van der Waals surface area contributed by atoms with Crippen molar-refractivity contribution in [3.63, 3.8) is 0 Å². The van der Waals surface area contributed by atoms with Crippen LogP contribution < -0.4 is 4.90 Å². The molecule has 55 heavy (non-hydrogen) atoms. The molecular weight excluding hydrogens is 685 g/mol. The molecule has 3 heteroatoms. The Morgan fingerprint density at radius 3 is 1.76 bits per heavy atom. The summed E-state index contributed by atoms with van der Waals surface area (Å²) in [5.41, 5.74) is 11.7. The van der Waals surface area contributed by atoms with Crippen molar-refractivity contribution in [3.8, 4) is 27.9 Å². The highest BCUT2D eigenvalue weighted by Gasteiger charge is 2.22. The topological polar surface area (TPSA) is 8.17 Å². The van der Waals surface area contributed by atoms with Crippen molar-refractivity contribution in [3.05, 3.63) is 206 Å². The molecular formula is C52H34N2S. The first-order chi connectivity index (χ1) is 27.3. The van der Waals surface area contributed by atoms with Gasteiger partial charge in [0, 0.05) is 59.3 Å². The molecule has 0 amide bonds. The van der Waals surface area contributed by atoms with Crippen LogP contribution in [0.4, 0.5) is 17.1 Å². The third kappa shape index (κ3) is 5.32. The van der Waals surface area contributed by atoms with Crippen LogP contribution in [-0.4, -0.2) is 4.57 Å². The Kier molecular flexibility index (Phi) is 7.39. The molecule has 258 valence electrons. The first-order valence-corrected chi connectivity index (χ1v) is 19.6. The lowest BCUT2D eigenvalue weighted by atomic mass is 9.95. The molecule has 0 unspecified atom stereocenters. The summed E-state index contributed by atoms with van der Waals surface area (Å²) in [6.45, 7) is 0. The van der Waals surface area contributed by atoms with Crippen molar-refractivity contribution in [2.75, 3.05) is 4.90 Å². The maximum Gasteiger partial charge on any atom is 0.0619 e. The van der Waals surface area contributed by atoms with E-state index in [1.54, 1.807) is 0 Å². The highest BCUT2D eigenvalue weighted by Crippen LogP contribution is 2.45. The van der Waals surface area contributed by atoms with Crippen molar-refractivity contribution in [1.82, 2.24) is 4.57 Å². The summed E-state index contributed by atoms with van der Waals surface area (Å²) in [7, 11) is 0. The molecule has 0 radical (unpaired) electrons. The van der Waals surface area contributed by atoms with Crippen LogP contribution >= 0.6 is 11.3 Å². The number of hydrogen-bond acceptors (Lipinski definition) is 2. The molecule has 0 spiro atoms. The Hall–Kier alpha value is -6.94. The van der Waals surface area contributed by atoms with E-state index in [2.05, 4.69) is 216 Å². The smallest absolute Gasteiger partial charge is 0.0619 e. The monoisotopic (exact) mass is 718 g/mol. The molecule has 0 aliphatic carbocycles. The predicted octanol–water partition coefficient (Wildman–Crippen LogP) is 15.1. The van der Waals surface area contributed by atoms with Gasteiger partial charge in [-0.2, -0.15) is 0 Å². The molecule has 0 saturated heterocycles. The zero-order valence-electron chi connectivity index (χ0n) is 29.9. The number of hydrogen-bond donors (Lipinski definition) is 0. The number of rotatable bonds is 6. The van der Waals surface area contributed by atoms with Crippen LogP contribution in [0.25, 0.3) is 80.7 Å². The van der Waals surface area contributed by atoms with E-state index in [1.165, 1.54) is 75.0 Å². The lowest BCUT2D eigenvalue weighted by Crippen LogP contribution is -2.10. The summed E-state index contributed by atoms with van der Waals surface area (Å²) in [5.74, 6) is 0. The minimum Gasteiger partial charge on any atom is -0.310 e. The van der Waals surface area contributed by atoms with Gasteiger partial charge in [0.2, 0.25) is 0 Å². The van der Waals surface area contributed by atoms with E-state index in [4.69, 9.17) is 0 Å². The van der Waals surface area contributed by atoms with Gasteiger partial charge in [-0.05, 0) is 106 Å². The van der Waals surface area contributed by atoms with Gasteiger partial charge in [-0.1, -0.05) is 127 Å². The summed E-state index contributed by atoms with van der Waals surface area (Å²) in [6.07, 6.45) is 0. The minimum atomic E-state index is 1.11. The Morgan fingerprint density at radius 1 is 0.364 bits per heavy atom. The molecule has 0 N–H and O–H groups in total. The van der Waals surface area contributed by atoms with E-state index in [-0.39, 0.29) is 0 Å². The van der Waals surface area contributed by atoms with Crippen molar-refractivity contribution in [2.45, 2.75) is 0 Å². The number of anilines is 3. The molecule has 0 saturated carbocycles. The van der Waals surface area contributed by atoms with E-state index >= 15 is 0 Å². The zero-order valence-corrected chi connectivity index (χ0v) is 30.7. The standard InChI is InChI=1S/C52H34N2S/c1-4-14-35(15-5-1)39-31-45(37-17-6-2-7-18-37)52-48(32-39)46-33-42(26-28-49(46)54(52)40-20-8-3-9-21-40)53(41-25-24-36-16-10-11-19-38(36)30-41)43-27-29-51-47(34-43)44-22-12-13-23-50(44)55-51/h1-34H. The van der Waals surface area contributed by atoms with Crippen molar-refractivity contribution < 1.29 is 0 Å². The third-order valence-electron chi connectivity index (χ3n) is 10.9. The number of thiophene rings is 1. The number of fused-ring (bicyclic) bond motifs is 7. The average molecular weight is 719 g/mol. The molecule has 0 atom stereocenters. The molecule has 2 nitrogen and oxygen atoms in total. The SMILES string of the molecule is c1ccc(-c2cc(-c3ccccc3)c3c(c2)c2cc(N(c4ccc5ccccc5c4)c4ccc5sc6ccccc6c5c4)ccc2n3-c2ccccc2)cc1. The molecule has 0 fully saturated rings. The van der Waals surface area contributed by atoms with Gasteiger partial charge in [-0.25, -0.2) is 0 Å². The second-order valence-corrected chi connectivity index (χ2v) is 15.3. The summed E-state index contributed by atoms with van der Waals surface area (Å²) < 4.78 is 5.06. The molecule has 0 aliphatic rings. The van der Waals surface area contributed by atoms with Crippen LogP contribution in [-0.2, 0) is 0 Å². The molecule has 2 heterocycles. The Balaban J connectivity index is 1.22. The second kappa shape index (κ2) is 12.9. The van der Waals surface area contributed by atoms with Gasteiger partial charge in [0.05, 0.1) is 11.0 Å². The van der Waals surface area contributed by atoms with Crippen molar-refractivity contribution >= 4 is 81.1 Å². The van der Waals surface area contributed by atoms with Crippen molar-refractivity contribution in [2.24, 2.45) is 0 Å². The number of benzene rings is 9. The van der Waals surface area contributed by atoms with E-state index in [1.807, 2.05) is 11.3 Å². The van der Waals surface area contributed by atoms with Crippen molar-refractivity contribution in [1.29, 1.82) is 0 Å². The van der Waals surface area contributed by atoms with Crippen LogP contribution in [0, 0.1) is 0 Å². The average Bonchev–Trinajstić information content (AvgIpc) is 3.79. The van der Waals surface area contributed by atoms with Crippen LogP contribution in [0.15, 0.2) is 206 Å². The molecule has 0 aliphatic heterocycles. The van der Waals surface area contributed by atoms with E-state index in [0.29, 0.717) is 0 Å². The zero-order chi connectivity index (χ0) is 36.3. The Morgan fingerprint density at radius 2 is 0.964 bits per heavy atom. The molecule has 0 bridgehead atoms. The second-order valence-electron chi connectivity index (χ2n) is 14.2. The van der Waals surface area contributed by atoms with E-state index in [0.717, 1.165) is 22.7 Å². The Bertz CT molecular complexity index is 3200. The van der Waals surface area contributed by atoms with Gasteiger partial charge in [0.25, 0.3) is 0 Å². The number of nitrogens with zero attached hydrogens (tertiary/aromatic N) is 2. The summed E-state index contributed by atoms with van der Waals surface area (Å²) in [6, 6.07) is 75.3. The molecule has 11 rings (SSSR count). The van der Waals surface area contributed by atoms with Gasteiger partial charge in [0.15, 0.2) is 0 Å². The third-order valence-corrected chi connectivity index (χ3v) is 12.1. The highest BCUT2D eigenvalue weighted by atomic mass is 32.1. The summed E-state index contributed by atoms with van der Waals surface area (Å²) >= 11 is 1.86. The quantitative estimate of drug-likeness (QED) is 0.166. The van der Waals surface area contributed by atoms with Gasteiger partial charge < -0.3 is 9.47 Å². The first kappa shape index (κ1) is 31.6. The maximum absolute atomic E-state index is 2.45. The maximum atomic E-state index is 2.45. The van der Waals surface area contributed by atoms with E-state index < -0.39 is 0 Å². The fourth-order valence-electron chi connectivity index (χ4n) is 8.37. The Labute approximate surface area is 323 Å². The van der Waals surface area contributed by atoms with Gasteiger partial charge in [-0.3, -0.25) is 0 Å². The van der Waals surface area contributed by atoms with Crippen LogP contribution in [0.3, 0.4) is 0 Å². The molecule has 11 aromatic rings. The normalized spacial score (nSPS) is 11.6. The van der Waals surface area contributed by atoms with E-state index in [9.17, 15) is 0 Å². The van der Waals surface area contributed by atoms with Gasteiger partial charge in [-0.15, -0.1) is 11.3 Å². The van der Waals surface area contributed by atoms with Crippen LogP contribution in [0.2, 0.25) is 0 Å². The van der Waals surface area contributed by atoms with Crippen LogP contribution in [0.5, 0.6) is 0 Å². The first-order valence-electron chi connectivity index (χ1n) is 18.8. The van der Waals surface area contributed by atoms with Gasteiger partial charge in [0.1, 0.15) is 0 Å². The fraction of sp³-hybridized carbons (Fsp3) is 0. The largest absolute Gasteiger partial charge is 0.310 e. The number of aromatic nitrogens is 1. The summed E-state index contributed by atoms with van der Waals surface area (Å²) in [5, 5.41) is 7.46. The van der Waals surface area contributed by atoms with Crippen LogP contribution in [0.1, 0.15) is 0 Å². The summed E-state index contributed by atoms with van der Waals surface area (Å²) in [4.78, 5) is 2.43. The lowest BCUT2D eigenvalue weighted by Gasteiger charge is -2.26.